The Morgan fingerprint density at radius 2 is 1.84 bits per heavy atom. The van der Waals surface area contributed by atoms with E-state index in [1.807, 2.05) is 0 Å². The first-order chi connectivity index (χ1) is 17.7. The van der Waals surface area contributed by atoms with Gasteiger partial charge in [0.2, 0.25) is 0 Å². The summed E-state index contributed by atoms with van der Waals surface area (Å²) in [5.41, 5.74) is 1.87. The van der Waals surface area contributed by atoms with Gasteiger partial charge in [-0.05, 0) is 55.3 Å². The quantitative estimate of drug-likeness (QED) is 0.381. The summed E-state index contributed by atoms with van der Waals surface area (Å²) < 4.78 is 32.4. The average Bonchev–Trinajstić information content (AvgIpc) is 3.37. The smallest absolute Gasteiger partial charge is 0.274 e. The fourth-order valence-corrected chi connectivity index (χ4v) is 5.51. The van der Waals surface area contributed by atoms with E-state index < -0.39 is 9.84 Å². The molecule has 0 spiro atoms. The number of H-pyrrole nitrogens is 1. The molecule has 2 aromatic carbocycles. The minimum Gasteiger partial charge on any atom is -0.457 e. The highest BCUT2D eigenvalue weighted by atomic mass is 32.2. The topological polar surface area (TPSA) is 110 Å². The Morgan fingerprint density at radius 3 is 2.59 bits per heavy atom. The molecule has 1 saturated carbocycles. The molecule has 8 nitrogen and oxygen atoms in total. The Kier molecular flexibility index (Phi) is 6.64. The van der Waals surface area contributed by atoms with Crippen molar-refractivity contribution >= 4 is 26.6 Å². The number of carbonyl (C=O) groups excluding carboxylic acids is 1. The lowest BCUT2D eigenvalue weighted by Crippen LogP contribution is -2.36. The SMILES string of the molecule is Cn1cc(-c2cc(S(C)(=O)=O)ccc2Oc2cccc(C(=O)NC3CCCCC3)c2)c2cc[nH]c2c1=O. The number of sulfone groups is 1. The summed E-state index contributed by atoms with van der Waals surface area (Å²) in [6.07, 6.45) is 9.93. The fourth-order valence-electron chi connectivity index (χ4n) is 4.87. The molecule has 2 heterocycles. The third-order valence-electron chi connectivity index (χ3n) is 6.83. The number of amides is 1. The molecule has 0 atom stereocenters. The number of nitrogens with one attached hydrogen (secondary N) is 2. The van der Waals surface area contributed by atoms with Crippen LogP contribution in [0.4, 0.5) is 0 Å². The monoisotopic (exact) mass is 519 g/mol. The predicted molar refractivity (Wildman–Crippen MR) is 143 cm³/mol. The minimum atomic E-state index is -3.50. The Labute approximate surface area is 215 Å². The molecule has 0 bridgehead atoms. The molecule has 1 amide bonds. The Morgan fingerprint density at radius 1 is 1.05 bits per heavy atom. The molecular formula is C28H29N3O5S. The number of rotatable bonds is 6. The molecule has 1 aliphatic carbocycles. The van der Waals surface area contributed by atoms with Gasteiger partial charge in [-0.15, -0.1) is 0 Å². The Bertz CT molecular complexity index is 1650. The van der Waals surface area contributed by atoms with Crippen LogP contribution in [0.5, 0.6) is 11.5 Å². The average molecular weight is 520 g/mol. The van der Waals surface area contributed by atoms with Crippen LogP contribution in [-0.2, 0) is 16.9 Å². The number of nitrogens with zero attached hydrogens (tertiary/aromatic N) is 1. The number of aromatic nitrogens is 2. The zero-order valence-corrected chi connectivity index (χ0v) is 21.6. The highest BCUT2D eigenvalue weighted by Gasteiger charge is 2.20. The molecule has 0 saturated heterocycles. The summed E-state index contributed by atoms with van der Waals surface area (Å²) in [5, 5.41) is 3.77. The highest BCUT2D eigenvalue weighted by Crippen LogP contribution is 2.38. The van der Waals surface area contributed by atoms with Gasteiger partial charge in [-0.3, -0.25) is 9.59 Å². The number of benzene rings is 2. The number of hydrogen-bond acceptors (Lipinski definition) is 5. The van der Waals surface area contributed by atoms with Crippen LogP contribution in [0.1, 0.15) is 42.5 Å². The number of pyridine rings is 1. The zero-order valence-electron chi connectivity index (χ0n) is 20.8. The van der Waals surface area contributed by atoms with Crippen LogP contribution in [-0.4, -0.2) is 36.2 Å². The van der Waals surface area contributed by atoms with Crippen molar-refractivity contribution < 1.29 is 17.9 Å². The number of carbonyl (C=O) groups is 1. The van der Waals surface area contributed by atoms with Crippen LogP contribution in [0, 0.1) is 0 Å². The second-order valence-corrected chi connectivity index (χ2v) is 11.6. The maximum Gasteiger partial charge on any atom is 0.274 e. The van der Waals surface area contributed by atoms with E-state index in [0.717, 1.165) is 31.9 Å². The molecule has 2 N–H and O–H groups in total. The van der Waals surface area contributed by atoms with Gasteiger partial charge in [0.05, 0.1) is 4.90 Å². The lowest BCUT2D eigenvalue weighted by Gasteiger charge is -2.22. The largest absolute Gasteiger partial charge is 0.457 e. The van der Waals surface area contributed by atoms with Crippen molar-refractivity contribution in [2.45, 2.75) is 43.0 Å². The van der Waals surface area contributed by atoms with Gasteiger partial charge in [-0.25, -0.2) is 8.42 Å². The van der Waals surface area contributed by atoms with E-state index in [1.54, 1.807) is 61.9 Å². The molecule has 37 heavy (non-hydrogen) atoms. The summed E-state index contributed by atoms with van der Waals surface area (Å²) in [4.78, 5) is 28.6. The lowest BCUT2D eigenvalue weighted by molar-refractivity contribution is 0.0927. The molecule has 0 aliphatic heterocycles. The van der Waals surface area contributed by atoms with Crippen LogP contribution in [0.2, 0.25) is 0 Å². The van der Waals surface area contributed by atoms with Crippen molar-refractivity contribution in [2.24, 2.45) is 7.05 Å². The van der Waals surface area contributed by atoms with Crippen molar-refractivity contribution in [3.05, 3.63) is 76.8 Å². The molecular weight excluding hydrogens is 490 g/mol. The van der Waals surface area contributed by atoms with E-state index in [9.17, 15) is 18.0 Å². The maximum absolute atomic E-state index is 12.9. The first-order valence-electron chi connectivity index (χ1n) is 12.3. The first kappa shape index (κ1) is 24.8. The van der Waals surface area contributed by atoms with E-state index in [0.29, 0.717) is 39.1 Å². The predicted octanol–water partition coefficient (Wildman–Crippen LogP) is 4.79. The molecule has 4 aromatic rings. The summed E-state index contributed by atoms with van der Waals surface area (Å²) in [6, 6.07) is 13.5. The minimum absolute atomic E-state index is 0.132. The second kappa shape index (κ2) is 9.89. The van der Waals surface area contributed by atoms with Gasteiger partial charge in [-0.1, -0.05) is 25.3 Å². The number of ether oxygens (including phenoxy) is 1. The molecule has 1 fully saturated rings. The number of aromatic amines is 1. The molecule has 192 valence electrons. The van der Waals surface area contributed by atoms with Crippen molar-refractivity contribution in [1.82, 2.24) is 14.9 Å². The molecule has 2 aromatic heterocycles. The standard InChI is InChI=1S/C28H29N3O5S/c1-31-17-24(22-13-14-29-26(22)28(31)33)23-16-21(37(2,34)35)11-12-25(23)36-20-10-6-7-18(15-20)27(32)30-19-8-4-3-5-9-19/h6-7,10-17,19,29H,3-5,8-9H2,1-2H3,(H,30,32). The van der Waals surface area contributed by atoms with Gasteiger partial charge in [-0.2, -0.15) is 0 Å². The van der Waals surface area contributed by atoms with E-state index in [2.05, 4.69) is 10.3 Å². The molecule has 1 aliphatic rings. The normalized spacial score (nSPS) is 14.5. The van der Waals surface area contributed by atoms with Crippen molar-refractivity contribution in [3.8, 4) is 22.6 Å². The van der Waals surface area contributed by atoms with Gasteiger partial charge in [0.1, 0.15) is 17.0 Å². The molecule has 0 radical (unpaired) electrons. The molecule has 5 rings (SSSR count). The number of hydrogen-bond donors (Lipinski definition) is 2. The Hall–Kier alpha value is -3.85. The van der Waals surface area contributed by atoms with Crippen LogP contribution in [0.15, 0.2) is 70.6 Å². The van der Waals surface area contributed by atoms with E-state index in [1.165, 1.54) is 17.1 Å². The second-order valence-electron chi connectivity index (χ2n) is 9.59. The number of fused-ring (bicyclic) bond motifs is 1. The highest BCUT2D eigenvalue weighted by molar-refractivity contribution is 7.90. The summed E-state index contributed by atoms with van der Waals surface area (Å²) >= 11 is 0. The summed E-state index contributed by atoms with van der Waals surface area (Å²) in [5.74, 6) is 0.704. The van der Waals surface area contributed by atoms with Gasteiger partial charge < -0.3 is 19.6 Å². The van der Waals surface area contributed by atoms with Gasteiger partial charge in [0.25, 0.3) is 11.5 Å². The number of aryl methyl sites for hydroxylation is 1. The molecule has 0 unspecified atom stereocenters. The third kappa shape index (κ3) is 5.17. The van der Waals surface area contributed by atoms with Crippen molar-refractivity contribution in [3.63, 3.8) is 0 Å². The van der Waals surface area contributed by atoms with Crippen LogP contribution >= 0.6 is 0 Å². The van der Waals surface area contributed by atoms with Crippen molar-refractivity contribution in [1.29, 1.82) is 0 Å². The van der Waals surface area contributed by atoms with E-state index >= 15 is 0 Å². The Balaban J connectivity index is 1.54. The van der Waals surface area contributed by atoms with Gasteiger partial charge >= 0.3 is 0 Å². The molecule has 9 heteroatoms. The fraction of sp³-hybridized carbons (Fsp3) is 0.286. The van der Waals surface area contributed by atoms with Crippen LogP contribution in [0.25, 0.3) is 22.0 Å². The van der Waals surface area contributed by atoms with Gasteiger partial charge in [0, 0.05) is 53.8 Å². The lowest BCUT2D eigenvalue weighted by atomic mass is 9.95. The van der Waals surface area contributed by atoms with Gasteiger partial charge in [0.15, 0.2) is 9.84 Å². The van der Waals surface area contributed by atoms with Crippen LogP contribution < -0.4 is 15.6 Å². The first-order valence-corrected chi connectivity index (χ1v) is 14.2. The maximum atomic E-state index is 12.9. The van der Waals surface area contributed by atoms with E-state index in [4.69, 9.17) is 4.74 Å². The van der Waals surface area contributed by atoms with E-state index in [-0.39, 0.29) is 22.4 Å². The summed E-state index contributed by atoms with van der Waals surface area (Å²) in [6.45, 7) is 0. The summed E-state index contributed by atoms with van der Waals surface area (Å²) in [7, 11) is -1.86. The van der Waals surface area contributed by atoms with Crippen molar-refractivity contribution in [2.75, 3.05) is 6.26 Å². The van der Waals surface area contributed by atoms with Crippen LogP contribution in [0.3, 0.4) is 0 Å². The zero-order chi connectivity index (χ0) is 26.2. The third-order valence-corrected chi connectivity index (χ3v) is 7.94.